The SMILES string of the molecule is CCCCN(Cc1ccccc1)c1ncc(NS(=O)(=O)c2cc(F)ccc2F)cc1C(=O)O.O=C(O)C(F)(F)F. The van der Waals surface area contributed by atoms with E-state index in [1.165, 1.54) is 0 Å². The van der Waals surface area contributed by atoms with Crippen LogP contribution < -0.4 is 9.62 Å². The van der Waals surface area contributed by atoms with Crippen LogP contribution in [0.4, 0.5) is 33.5 Å². The molecule has 3 aromatic rings. The van der Waals surface area contributed by atoms with Crippen LogP contribution >= 0.6 is 0 Å². The van der Waals surface area contributed by atoms with Crippen molar-refractivity contribution in [2.75, 3.05) is 16.2 Å². The third-order valence-electron chi connectivity index (χ3n) is 5.07. The quantitative estimate of drug-likeness (QED) is 0.271. The fourth-order valence-electron chi connectivity index (χ4n) is 3.23. The number of aromatic carboxylic acids is 1. The second-order valence-electron chi connectivity index (χ2n) is 8.14. The van der Waals surface area contributed by atoms with Crippen molar-refractivity contribution in [2.45, 2.75) is 37.4 Å². The number of carboxylic acid groups (broad SMARTS) is 2. The lowest BCUT2D eigenvalue weighted by Gasteiger charge is -2.25. The molecule has 3 N–H and O–H groups in total. The third-order valence-corrected chi connectivity index (χ3v) is 6.47. The predicted molar refractivity (Wildman–Crippen MR) is 134 cm³/mol. The Morgan fingerprint density at radius 1 is 1.02 bits per heavy atom. The second-order valence-corrected chi connectivity index (χ2v) is 9.79. The molecule has 0 bridgehead atoms. The molecule has 0 unspecified atom stereocenters. The van der Waals surface area contributed by atoms with Gasteiger partial charge in [-0.05, 0) is 36.2 Å². The van der Waals surface area contributed by atoms with Gasteiger partial charge in [0.05, 0.1) is 11.9 Å². The Morgan fingerprint density at radius 2 is 1.65 bits per heavy atom. The summed E-state index contributed by atoms with van der Waals surface area (Å²) in [6.07, 6.45) is -2.26. The Hall–Kier alpha value is -4.27. The number of benzene rings is 2. The molecule has 15 heteroatoms. The topological polar surface area (TPSA) is 137 Å². The van der Waals surface area contributed by atoms with Gasteiger partial charge < -0.3 is 15.1 Å². The number of unbranched alkanes of at least 4 members (excludes halogenated alkanes) is 1. The molecule has 0 aliphatic carbocycles. The number of aromatic nitrogens is 1. The highest BCUT2D eigenvalue weighted by Crippen LogP contribution is 2.26. The van der Waals surface area contributed by atoms with E-state index in [0.29, 0.717) is 25.2 Å². The van der Waals surface area contributed by atoms with E-state index in [4.69, 9.17) is 9.90 Å². The van der Waals surface area contributed by atoms with Crippen molar-refractivity contribution < 1.29 is 50.2 Å². The van der Waals surface area contributed by atoms with Gasteiger partial charge in [-0.1, -0.05) is 43.7 Å². The van der Waals surface area contributed by atoms with Gasteiger partial charge in [-0.15, -0.1) is 0 Å². The summed E-state index contributed by atoms with van der Waals surface area (Å²) < 4.78 is 86.3. The lowest BCUT2D eigenvalue weighted by atomic mass is 10.1. The fourth-order valence-corrected chi connectivity index (χ4v) is 4.35. The van der Waals surface area contributed by atoms with Crippen LogP contribution in [0.2, 0.25) is 0 Å². The first-order valence-corrected chi connectivity index (χ1v) is 12.9. The zero-order valence-electron chi connectivity index (χ0n) is 20.8. The number of sulfonamides is 1. The summed E-state index contributed by atoms with van der Waals surface area (Å²) in [5.41, 5.74) is 0.551. The van der Waals surface area contributed by atoms with Gasteiger partial charge in [0.15, 0.2) is 0 Å². The third kappa shape index (κ3) is 9.18. The van der Waals surface area contributed by atoms with Crippen molar-refractivity contribution in [1.29, 1.82) is 0 Å². The number of alkyl halides is 3. The molecule has 0 aliphatic heterocycles. The fraction of sp³-hybridized carbons (Fsp3) is 0.240. The van der Waals surface area contributed by atoms with E-state index in [2.05, 4.69) is 9.71 Å². The van der Waals surface area contributed by atoms with Crippen LogP contribution in [0.15, 0.2) is 65.7 Å². The summed E-state index contributed by atoms with van der Waals surface area (Å²) in [5, 5.41) is 16.9. The molecule has 0 radical (unpaired) electrons. The zero-order chi connectivity index (χ0) is 30.1. The van der Waals surface area contributed by atoms with Crippen LogP contribution in [-0.2, 0) is 21.4 Å². The summed E-state index contributed by atoms with van der Waals surface area (Å²) in [5.74, 6) is -5.94. The number of aliphatic carboxylic acids is 1. The maximum Gasteiger partial charge on any atom is 0.490 e. The second kappa shape index (κ2) is 13.7. The van der Waals surface area contributed by atoms with Crippen LogP contribution in [0, 0.1) is 11.6 Å². The van der Waals surface area contributed by atoms with Gasteiger partial charge in [0, 0.05) is 13.1 Å². The average molecular weight is 590 g/mol. The molecule has 216 valence electrons. The van der Waals surface area contributed by atoms with Crippen molar-refractivity contribution in [3.63, 3.8) is 0 Å². The molecular formula is C25H24F5N3O6S. The molecular weight excluding hydrogens is 565 g/mol. The van der Waals surface area contributed by atoms with Gasteiger partial charge in [-0.2, -0.15) is 13.2 Å². The molecule has 0 saturated carbocycles. The van der Waals surface area contributed by atoms with E-state index in [-0.39, 0.29) is 17.1 Å². The van der Waals surface area contributed by atoms with E-state index in [1.807, 2.05) is 42.2 Å². The Labute approximate surface area is 226 Å². The van der Waals surface area contributed by atoms with E-state index >= 15 is 0 Å². The number of carbonyl (C=O) groups is 2. The monoisotopic (exact) mass is 589 g/mol. The molecule has 0 atom stereocenters. The number of hydrogen-bond donors (Lipinski definition) is 3. The standard InChI is InChI=1S/C23H23F2N3O4S.C2HF3O2/c1-2-3-11-28(15-16-7-5-4-6-8-16)22-19(23(29)30)13-18(14-26-22)27-33(31,32)21-12-17(24)9-10-20(21)25;3-2(4,5)1(6)7/h4-10,12-14,27H,2-3,11,15H2,1H3,(H,29,30);(H,6,7). The van der Waals surface area contributed by atoms with Crippen LogP contribution in [0.1, 0.15) is 35.7 Å². The van der Waals surface area contributed by atoms with E-state index < -0.39 is 44.7 Å². The molecule has 0 saturated heterocycles. The van der Waals surface area contributed by atoms with Crippen molar-refractivity contribution in [3.05, 3.63) is 83.6 Å². The summed E-state index contributed by atoms with van der Waals surface area (Å²) >= 11 is 0. The molecule has 3 rings (SSSR count). The molecule has 0 amide bonds. The Bertz CT molecular complexity index is 1440. The Kier molecular flexibility index (Phi) is 10.9. The van der Waals surface area contributed by atoms with Gasteiger partial charge >= 0.3 is 18.1 Å². The maximum absolute atomic E-state index is 14.0. The molecule has 0 fully saturated rings. The van der Waals surface area contributed by atoms with Crippen molar-refractivity contribution in [2.24, 2.45) is 0 Å². The molecule has 1 heterocycles. The van der Waals surface area contributed by atoms with Crippen LogP contribution in [0.5, 0.6) is 0 Å². The van der Waals surface area contributed by atoms with Crippen LogP contribution in [0.25, 0.3) is 0 Å². The number of pyridine rings is 1. The van der Waals surface area contributed by atoms with E-state index in [0.717, 1.165) is 36.7 Å². The molecule has 40 heavy (non-hydrogen) atoms. The number of nitrogens with one attached hydrogen (secondary N) is 1. The molecule has 1 aromatic heterocycles. The van der Waals surface area contributed by atoms with Crippen LogP contribution in [0.3, 0.4) is 0 Å². The minimum atomic E-state index is -5.08. The average Bonchev–Trinajstić information content (AvgIpc) is 2.88. The Balaban J connectivity index is 0.000000708. The number of hydrogen-bond acceptors (Lipinski definition) is 6. The summed E-state index contributed by atoms with van der Waals surface area (Å²) in [6, 6.07) is 12.6. The minimum absolute atomic E-state index is 0.180. The zero-order valence-corrected chi connectivity index (χ0v) is 21.6. The van der Waals surface area contributed by atoms with Crippen molar-refractivity contribution in [1.82, 2.24) is 4.98 Å². The first-order valence-electron chi connectivity index (χ1n) is 11.5. The van der Waals surface area contributed by atoms with E-state index in [1.54, 1.807) is 0 Å². The van der Waals surface area contributed by atoms with Gasteiger partial charge in [-0.3, -0.25) is 4.72 Å². The smallest absolute Gasteiger partial charge is 0.478 e. The summed E-state index contributed by atoms with van der Waals surface area (Å²) in [4.78, 5) is 26.0. The highest BCUT2D eigenvalue weighted by atomic mass is 32.2. The lowest BCUT2D eigenvalue weighted by molar-refractivity contribution is -0.192. The highest BCUT2D eigenvalue weighted by molar-refractivity contribution is 7.92. The van der Waals surface area contributed by atoms with Gasteiger partial charge in [-0.25, -0.2) is 31.8 Å². The highest BCUT2D eigenvalue weighted by Gasteiger charge is 2.38. The normalized spacial score (nSPS) is 11.2. The van der Waals surface area contributed by atoms with Crippen molar-refractivity contribution in [3.8, 4) is 0 Å². The first-order chi connectivity index (χ1) is 18.7. The number of halogens is 5. The molecule has 0 aliphatic rings. The summed E-state index contributed by atoms with van der Waals surface area (Å²) in [7, 11) is -4.52. The summed E-state index contributed by atoms with van der Waals surface area (Å²) in [6.45, 7) is 2.96. The lowest BCUT2D eigenvalue weighted by Crippen LogP contribution is -2.27. The largest absolute Gasteiger partial charge is 0.490 e. The predicted octanol–water partition coefficient (Wildman–Crippen LogP) is 5.30. The van der Waals surface area contributed by atoms with E-state index in [9.17, 15) is 40.3 Å². The van der Waals surface area contributed by atoms with Crippen molar-refractivity contribution >= 4 is 33.5 Å². The maximum atomic E-state index is 14.0. The molecule has 9 nitrogen and oxygen atoms in total. The number of rotatable bonds is 10. The molecule has 2 aromatic carbocycles. The molecule has 0 spiro atoms. The van der Waals surface area contributed by atoms with Gasteiger partial charge in [0.25, 0.3) is 10.0 Å². The Morgan fingerprint density at radius 3 is 2.20 bits per heavy atom. The number of anilines is 2. The van der Waals surface area contributed by atoms with Gasteiger partial charge in [0.2, 0.25) is 0 Å². The number of carboxylic acids is 2. The van der Waals surface area contributed by atoms with Crippen LogP contribution in [-0.4, -0.2) is 48.3 Å². The first kappa shape index (κ1) is 31.9. The van der Waals surface area contributed by atoms with Gasteiger partial charge in [0.1, 0.15) is 27.9 Å². The number of nitrogens with zero attached hydrogens (tertiary/aromatic N) is 2. The minimum Gasteiger partial charge on any atom is -0.478 e.